The highest BCUT2D eigenvalue weighted by Crippen LogP contribution is 2.07. The van der Waals surface area contributed by atoms with Crippen molar-refractivity contribution >= 4 is 30.4 Å². The Kier molecular flexibility index (Phi) is 19.0. The second-order valence-electron chi connectivity index (χ2n) is 7.45. The van der Waals surface area contributed by atoms with E-state index >= 15 is 0 Å². The van der Waals surface area contributed by atoms with E-state index in [1.165, 1.54) is 0 Å². The Morgan fingerprint density at radius 2 is 1.42 bits per heavy atom. The van der Waals surface area contributed by atoms with Crippen LogP contribution in [-0.2, 0) is 33.3 Å². The number of rotatable bonds is 21. The highest BCUT2D eigenvalue weighted by molar-refractivity contribution is 7.80. The third kappa shape index (κ3) is 15.9. The molecule has 0 aromatic heterocycles. The van der Waals surface area contributed by atoms with E-state index in [1.807, 2.05) is 0 Å². The van der Waals surface area contributed by atoms with E-state index in [0.29, 0.717) is 45.6 Å². The number of ether oxygens (including phenoxy) is 4. The van der Waals surface area contributed by atoms with Crippen molar-refractivity contribution in [2.24, 2.45) is 17.4 Å². The first kappa shape index (κ1) is 31.5. The van der Waals surface area contributed by atoms with Gasteiger partial charge < -0.3 is 46.2 Å². The first-order valence-electron chi connectivity index (χ1n) is 10.9. The van der Waals surface area contributed by atoms with Crippen LogP contribution < -0.4 is 22.1 Å². The molecule has 0 spiro atoms. The summed E-state index contributed by atoms with van der Waals surface area (Å²) >= 11 is 3.91. The summed E-state index contributed by atoms with van der Waals surface area (Å²) in [6.45, 7) is 6.10. The molecule has 7 N–H and O–H groups in total. The zero-order valence-corrected chi connectivity index (χ0v) is 20.4. The van der Waals surface area contributed by atoms with E-state index in [4.69, 9.17) is 30.4 Å². The highest BCUT2D eigenvalue weighted by Gasteiger charge is 2.31. The molecule has 0 aliphatic rings. The smallest absolute Gasteiger partial charge is 0.243 e. The molecule has 3 atom stereocenters. The first-order valence-corrected chi connectivity index (χ1v) is 11.6. The quantitative estimate of drug-likeness (QED) is 0.0603. The van der Waals surface area contributed by atoms with Crippen molar-refractivity contribution in [3.05, 3.63) is 0 Å². The predicted molar refractivity (Wildman–Crippen MR) is 124 cm³/mol. The molecule has 0 radical (unpaired) electrons. The van der Waals surface area contributed by atoms with E-state index in [9.17, 15) is 19.5 Å². The van der Waals surface area contributed by atoms with Crippen molar-refractivity contribution in [3.8, 4) is 0 Å². The summed E-state index contributed by atoms with van der Waals surface area (Å²) in [6, 6.07) is -2.24. The number of nitrogens with one attached hydrogen (secondary N) is 2. The van der Waals surface area contributed by atoms with E-state index in [1.54, 1.807) is 13.8 Å². The zero-order valence-electron chi connectivity index (χ0n) is 19.5. The minimum absolute atomic E-state index is 0.0243. The van der Waals surface area contributed by atoms with Crippen LogP contribution in [0.4, 0.5) is 0 Å². The van der Waals surface area contributed by atoms with Gasteiger partial charge in [-0.15, -0.1) is 0 Å². The van der Waals surface area contributed by atoms with Crippen LogP contribution in [0.2, 0.25) is 0 Å². The van der Waals surface area contributed by atoms with Gasteiger partial charge >= 0.3 is 0 Å². The van der Waals surface area contributed by atoms with Crippen molar-refractivity contribution < 1.29 is 38.4 Å². The van der Waals surface area contributed by atoms with Crippen LogP contribution in [0.25, 0.3) is 0 Å². The number of amides is 3. The fraction of sp³-hybridized carbons (Fsp3) is 0.850. The molecule has 0 saturated carbocycles. The van der Waals surface area contributed by atoms with Crippen molar-refractivity contribution in [3.63, 3.8) is 0 Å². The maximum Gasteiger partial charge on any atom is 0.243 e. The molecule has 0 heterocycles. The van der Waals surface area contributed by atoms with Crippen LogP contribution in [0.3, 0.4) is 0 Å². The normalized spacial score (nSPS) is 14.0. The Labute approximate surface area is 200 Å². The first-order chi connectivity index (χ1) is 15.7. The molecule has 0 aromatic rings. The number of hydrogen-bond donors (Lipinski definition) is 6. The lowest BCUT2D eigenvalue weighted by atomic mass is 9.98. The molecule has 3 amide bonds. The molecular formula is C20H40N4O8S. The number of nitrogens with two attached hydrogens (primary N) is 2. The molecule has 33 heavy (non-hydrogen) atoms. The Morgan fingerprint density at radius 1 is 0.909 bits per heavy atom. The third-order valence-corrected chi connectivity index (χ3v) is 4.60. The predicted octanol–water partition coefficient (Wildman–Crippen LogP) is -1.85. The number of aliphatic hydroxyl groups excluding tert-OH is 1. The summed E-state index contributed by atoms with van der Waals surface area (Å²) in [5, 5.41) is 15.1. The van der Waals surface area contributed by atoms with Crippen LogP contribution in [0, 0.1) is 5.92 Å². The summed E-state index contributed by atoms with van der Waals surface area (Å²) < 4.78 is 21.0. The fourth-order valence-corrected chi connectivity index (χ4v) is 2.68. The second-order valence-corrected chi connectivity index (χ2v) is 7.70. The molecule has 0 fully saturated rings. The second kappa shape index (κ2) is 19.9. The molecule has 0 saturated heterocycles. The fourth-order valence-electron chi connectivity index (χ4n) is 2.55. The summed E-state index contributed by atoms with van der Waals surface area (Å²) in [6.07, 6.45) is -0.982. The molecule has 12 nitrogen and oxygen atoms in total. The highest BCUT2D eigenvalue weighted by atomic mass is 32.1. The minimum atomic E-state index is -1.27. The molecule has 0 bridgehead atoms. The van der Waals surface area contributed by atoms with Gasteiger partial charge in [0.2, 0.25) is 17.7 Å². The lowest BCUT2D eigenvalue weighted by Gasteiger charge is -2.26. The molecule has 0 aromatic carbocycles. The number of thiol groups is 1. The summed E-state index contributed by atoms with van der Waals surface area (Å²) in [5.41, 5.74) is 10.8. The zero-order chi connectivity index (χ0) is 25.1. The SMILES string of the molecule is CC(C)[C@@H](O)[C@H](NC(=O)[C@H](CCN)NC(=O)CCOCCOCCOCCOCS)C(N)=O. The number of carbonyl (C=O) groups is 3. The van der Waals surface area contributed by atoms with Gasteiger partial charge in [0.05, 0.1) is 58.3 Å². The largest absolute Gasteiger partial charge is 0.390 e. The standard InChI is InChI=1S/C20H40N4O8S/c1-14(2)18(26)17(19(22)27)24-20(28)15(3-5-21)23-16(25)4-6-29-7-8-30-9-10-31-11-12-32-13-33/h14-15,17-18,26,33H,3-13,21H2,1-2H3,(H2,22,27)(H,23,25)(H,24,28)/t15-,17-,18+/m0/s1. The average Bonchev–Trinajstić information content (AvgIpc) is 2.76. The van der Waals surface area contributed by atoms with Gasteiger partial charge in [0.1, 0.15) is 12.1 Å². The molecular weight excluding hydrogens is 456 g/mol. The Hall–Kier alpha value is -1.48. The number of hydrogen-bond acceptors (Lipinski definition) is 10. The number of aliphatic hydroxyl groups is 1. The number of primary amides is 1. The van der Waals surface area contributed by atoms with Gasteiger partial charge in [0.25, 0.3) is 0 Å². The molecule has 194 valence electrons. The van der Waals surface area contributed by atoms with Crippen LogP contribution in [-0.4, -0.2) is 99.7 Å². The van der Waals surface area contributed by atoms with Crippen LogP contribution in [0.1, 0.15) is 26.7 Å². The van der Waals surface area contributed by atoms with Crippen molar-refractivity contribution in [1.82, 2.24) is 10.6 Å². The molecule has 0 aliphatic carbocycles. The summed E-state index contributed by atoms with van der Waals surface area (Å²) in [7, 11) is 0. The Bertz CT molecular complexity index is 556. The van der Waals surface area contributed by atoms with Gasteiger partial charge in [-0.25, -0.2) is 0 Å². The van der Waals surface area contributed by atoms with E-state index in [-0.39, 0.29) is 31.9 Å². The number of carbonyl (C=O) groups excluding carboxylic acids is 3. The lowest BCUT2D eigenvalue weighted by molar-refractivity contribution is -0.133. The summed E-state index contributed by atoms with van der Waals surface area (Å²) in [5.74, 6) is -1.88. The average molecular weight is 497 g/mol. The topological polar surface area (TPSA) is 184 Å². The van der Waals surface area contributed by atoms with Gasteiger partial charge in [-0.3, -0.25) is 14.4 Å². The summed E-state index contributed by atoms with van der Waals surface area (Å²) in [4.78, 5) is 36.3. The van der Waals surface area contributed by atoms with Gasteiger partial charge in [-0.05, 0) is 18.9 Å². The van der Waals surface area contributed by atoms with Crippen LogP contribution in [0.15, 0.2) is 0 Å². The van der Waals surface area contributed by atoms with Crippen molar-refractivity contribution in [1.29, 1.82) is 0 Å². The maximum atomic E-state index is 12.5. The molecule has 0 rings (SSSR count). The van der Waals surface area contributed by atoms with E-state index in [0.717, 1.165) is 0 Å². The van der Waals surface area contributed by atoms with Crippen molar-refractivity contribution in [2.75, 3.05) is 58.7 Å². The molecule has 0 unspecified atom stereocenters. The van der Waals surface area contributed by atoms with Gasteiger partial charge in [-0.2, -0.15) is 12.6 Å². The maximum absolute atomic E-state index is 12.5. The van der Waals surface area contributed by atoms with Gasteiger partial charge in [0.15, 0.2) is 0 Å². The van der Waals surface area contributed by atoms with Crippen LogP contribution in [0.5, 0.6) is 0 Å². The molecule has 13 heteroatoms. The van der Waals surface area contributed by atoms with Crippen LogP contribution >= 0.6 is 12.6 Å². The monoisotopic (exact) mass is 496 g/mol. The van der Waals surface area contributed by atoms with Gasteiger partial charge in [-0.1, -0.05) is 13.8 Å². The third-order valence-electron chi connectivity index (χ3n) is 4.42. The van der Waals surface area contributed by atoms with E-state index in [2.05, 4.69) is 23.3 Å². The van der Waals surface area contributed by atoms with Crippen molar-refractivity contribution in [2.45, 2.75) is 44.9 Å². The molecule has 0 aliphatic heterocycles. The Morgan fingerprint density at radius 3 is 1.88 bits per heavy atom. The minimum Gasteiger partial charge on any atom is -0.390 e. The Balaban J connectivity index is 4.17. The van der Waals surface area contributed by atoms with E-state index < -0.39 is 35.9 Å². The van der Waals surface area contributed by atoms with Gasteiger partial charge in [0, 0.05) is 6.42 Å². The lowest BCUT2D eigenvalue weighted by Crippen LogP contribution is -2.58.